The first-order valence-corrected chi connectivity index (χ1v) is 6.89. The highest BCUT2D eigenvalue weighted by Crippen LogP contribution is 2.30. The molecule has 0 saturated carbocycles. The summed E-state index contributed by atoms with van der Waals surface area (Å²) in [7, 11) is 2.06. The van der Waals surface area contributed by atoms with Crippen molar-refractivity contribution in [3.8, 4) is 11.3 Å². The van der Waals surface area contributed by atoms with E-state index < -0.39 is 5.97 Å². The van der Waals surface area contributed by atoms with E-state index in [0.29, 0.717) is 5.69 Å². The van der Waals surface area contributed by atoms with Gasteiger partial charge in [-0.25, -0.2) is 0 Å². The van der Waals surface area contributed by atoms with Crippen LogP contribution in [0.4, 0.5) is 5.69 Å². The molecule has 1 aliphatic rings. The number of carboxylic acids is 1. The Labute approximate surface area is 122 Å². The average Bonchev–Trinajstić information content (AvgIpc) is 2.77. The van der Waals surface area contributed by atoms with Crippen LogP contribution in [0.3, 0.4) is 0 Å². The third kappa shape index (κ3) is 2.62. The van der Waals surface area contributed by atoms with E-state index in [4.69, 9.17) is 10.8 Å². The number of carboxylic acid groups (broad SMARTS) is 1. The van der Waals surface area contributed by atoms with Crippen LogP contribution in [-0.2, 0) is 24.3 Å². The van der Waals surface area contributed by atoms with E-state index >= 15 is 0 Å². The van der Waals surface area contributed by atoms with Gasteiger partial charge in [-0.3, -0.25) is 9.48 Å². The Balaban J connectivity index is 2.09. The molecule has 0 spiro atoms. The molecule has 0 bridgehead atoms. The minimum atomic E-state index is -0.872. The first-order valence-electron chi connectivity index (χ1n) is 6.89. The maximum Gasteiger partial charge on any atom is 0.325 e. The van der Waals surface area contributed by atoms with Crippen LogP contribution < -0.4 is 5.73 Å². The molecule has 110 valence electrons. The second-order valence-corrected chi connectivity index (χ2v) is 5.44. The molecule has 3 N–H and O–H groups in total. The van der Waals surface area contributed by atoms with Crippen molar-refractivity contribution in [3.63, 3.8) is 0 Å². The predicted molar refractivity (Wildman–Crippen MR) is 79.7 cm³/mol. The molecule has 2 aromatic rings. The van der Waals surface area contributed by atoms with Crippen molar-refractivity contribution in [2.24, 2.45) is 0 Å². The van der Waals surface area contributed by atoms with E-state index in [1.165, 1.54) is 0 Å². The van der Waals surface area contributed by atoms with Gasteiger partial charge in [-0.05, 0) is 19.2 Å². The van der Waals surface area contributed by atoms with Gasteiger partial charge in [-0.15, -0.1) is 0 Å². The molecule has 6 nitrogen and oxygen atoms in total. The minimum absolute atomic E-state index is 0.0962. The first kappa shape index (κ1) is 13.6. The number of benzene rings is 1. The highest BCUT2D eigenvalue weighted by molar-refractivity contribution is 5.69. The Morgan fingerprint density at radius 2 is 2.10 bits per heavy atom. The molecule has 0 fully saturated rings. The minimum Gasteiger partial charge on any atom is -0.480 e. The summed E-state index contributed by atoms with van der Waals surface area (Å²) in [5.41, 5.74) is 10.4. The number of nitrogens with two attached hydrogens (primary N) is 1. The van der Waals surface area contributed by atoms with Crippen molar-refractivity contribution in [3.05, 3.63) is 35.5 Å². The van der Waals surface area contributed by atoms with Crippen LogP contribution in [-0.4, -0.2) is 39.3 Å². The first-order chi connectivity index (χ1) is 10.0. The Morgan fingerprint density at radius 1 is 1.38 bits per heavy atom. The van der Waals surface area contributed by atoms with E-state index in [1.807, 2.05) is 24.3 Å². The molecule has 0 aliphatic carbocycles. The number of carbonyl (C=O) groups is 1. The van der Waals surface area contributed by atoms with E-state index in [2.05, 4.69) is 17.0 Å². The van der Waals surface area contributed by atoms with Crippen LogP contribution in [0.25, 0.3) is 11.3 Å². The van der Waals surface area contributed by atoms with E-state index in [-0.39, 0.29) is 6.54 Å². The third-order valence-electron chi connectivity index (χ3n) is 3.79. The number of hydrogen-bond donors (Lipinski definition) is 2. The molecule has 1 aromatic heterocycles. The molecule has 1 aromatic carbocycles. The van der Waals surface area contributed by atoms with Crippen LogP contribution in [0.15, 0.2) is 24.3 Å². The standard InChI is InChI=1S/C15H18N4O2/c1-18-7-6-13-12(8-18)15(17-19(13)9-14(20)21)10-2-4-11(16)5-3-10/h2-5H,6-9,16H2,1H3,(H,20,21). The Kier molecular flexibility index (Phi) is 3.39. The highest BCUT2D eigenvalue weighted by Gasteiger charge is 2.24. The Morgan fingerprint density at radius 3 is 2.76 bits per heavy atom. The van der Waals surface area contributed by atoms with Gasteiger partial charge in [0, 0.05) is 42.0 Å². The highest BCUT2D eigenvalue weighted by atomic mass is 16.4. The summed E-state index contributed by atoms with van der Waals surface area (Å²) in [6.45, 7) is 1.61. The smallest absolute Gasteiger partial charge is 0.325 e. The third-order valence-corrected chi connectivity index (χ3v) is 3.79. The lowest BCUT2D eigenvalue weighted by atomic mass is 10.0. The van der Waals surface area contributed by atoms with Gasteiger partial charge in [0.25, 0.3) is 0 Å². The van der Waals surface area contributed by atoms with Crippen molar-refractivity contribution in [2.45, 2.75) is 19.5 Å². The number of nitrogen functional groups attached to an aromatic ring is 1. The zero-order valence-corrected chi connectivity index (χ0v) is 11.9. The molecule has 21 heavy (non-hydrogen) atoms. The summed E-state index contributed by atoms with van der Waals surface area (Å²) in [5.74, 6) is -0.872. The van der Waals surface area contributed by atoms with Crippen molar-refractivity contribution in [1.29, 1.82) is 0 Å². The van der Waals surface area contributed by atoms with Gasteiger partial charge in [0.2, 0.25) is 0 Å². The predicted octanol–water partition coefficient (Wildman–Crippen LogP) is 1.20. The lowest BCUT2D eigenvalue weighted by Gasteiger charge is -2.23. The number of fused-ring (bicyclic) bond motifs is 1. The van der Waals surface area contributed by atoms with E-state index in [9.17, 15) is 4.79 Å². The van der Waals surface area contributed by atoms with E-state index in [1.54, 1.807) is 4.68 Å². The van der Waals surface area contributed by atoms with Crippen LogP contribution in [0.2, 0.25) is 0 Å². The van der Waals surface area contributed by atoms with Gasteiger partial charge >= 0.3 is 5.97 Å². The fourth-order valence-electron chi connectivity index (χ4n) is 2.76. The van der Waals surface area contributed by atoms with Crippen molar-refractivity contribution >= 4 is 11.7 Å². The van der Waals surface area contributed by atoms with Crippen LogP contribution in [0.1, 0.15) is 11.3 Å². The lowest BCUT2D eigenvalue weighted by Crippen LogP contribution is -2.28. The molecule has 0 atom stereocenters. The quantitative estimate of drug-likeness (QED) is 0.828. The fraction of sp³-hybridized carbons (Fsp3) is 0.333. The van der Waals surface area contributed by atoms with Gasteiger partial charge in [0.1, 0.15) is 6.54 Å². The summed E-state index contributed by atoms with van der Waals surface area (Å²) in [6.07, 6.45) is 0.821. The van der Waals surface area contributed by atoms with Gasteiger partial charge < -0.3 is 15.7 Å². The second kappa shape index (κ2) is 5.21. The van der Waals surface area contributed by atoms with Crippen molar-refractivity contribution in [2.75, 3.05) is 19.3 Å². The number of aliphatic carboxylic acids is 1. The molecule has 1 aliphatic heterocycles. The lowest BCUT2D eigenvalue weighted by molar-refractivity contribution is -0.137. The summed E-state index contributed by atoms with van der Waals surface area (Å²) < 4.78 is 1.62. The largest absolute Gasteiger partial charge is 0.480 e. The topological polar surface area (TPSA) is 84.4 Å². The maximum atomic E-state index is 11.0. The Bertz CT molecular complexity index is 676. The summed E-state index contributed by atoms with van der Waals surface area (Å²) in [5, 5.41) is 13.6. The van der Waals surface area contributed by atoms with Gasteiger partial charge in [0.05, 0.1) is 5.69 Å². The molecular weight excluding hydrogens is 268 g/mol. The molecule has 3 rings (SSSR count). The molecule has 0 radical (unpaired) electrons. The molecule has 0 saturated heterocycles. The molecule has 0 unspecified atom stereocenters. The number of aromatic nitrogens is 2. The maximum absolute atomic E-state index is 11.0. The zero-order chi connectivity index (χ0) is 15.0. The monoisotopic (exact) mass is 286 g/mol. The zero-order valence-electron chi connectivity index (χ0n) is 11.9. The van der Waals surface area contributed by atoms with Crippen LogP contribution in [0, 0.1) is 0 Å². The summed E-state index contributed by atoms with van der Waals surface area (Å²) in [6, 6.07) is 7.53. The fourth-order valence-corrected chi connectivity index (χ4v) is 2.76. The number of nitrogens with zero attached hydrogens (tertiary/aromatic N) is 3. The van der Waals surface area contributed by atoms with E-state index in [0.717, 1.165) is 42.0 Å². The average molecular weight is 286 g/mol. The van der Waals surface area contributed by atoms with Gasteiger partial charge in [-0.1, -0.05) is 12.1 Å². The molecular formula is C15H18N4O2. The van der Waals surface area contributed by atoms with Gasteiger partial charge in [-0.2, -0.15) is 5.10 Å². The normalized spacial score (nSPS) is 14.9. The summed E-state index contributed by atoms with van der Waals surface area (Å²) in [4.78, 5) is 13.2. The molecule has 2 heterocycles. The van der Waals surface area contributed by atoms with Gasteiger partial charge in [0.15, 0.2) is 0 Å². The van der Waals surface area contributed by atoms with Crippen LogP contribution in [0.5, 0.6) is 0 Å². The van der Waals surface area contributed by atoms with Crippen molar-refractivity contribution in [1.82, 2.24) is 14.7 Å². The number of likely N-dealkylation sites (N-methyl/N-ethyl adjacent to an activating group) is 1. The number of anilines is 1. The number of hydrogen-bond acceptors (Lipinski definition) is 4. The van der Waals surface area contributed by atoms with Crippen molar-refractivity contribution < 1.29 is 9.90 Å². The summed E-state index contributed by atoms with van der Waals surface area (Å²) >= 11 is 0. The molecule has 0 amide bonds. The number of rotatable bonds is 3. The Hall–Kier alpha value is -2.34. The van der Waals surface area contributed by atoms with Crippen LogP contribution >= 0.6 is 0 Å². The molecule has 6 heteroatoms. The SMILES string of the molecule is CN1CCc2c(c(-c3ccc(N)cc3)nn2CC(=O)O)C1. The second-order valence-electron chi connectivity index (χ2n) is 5.44.